The van der Waals surface area contributed by atoms with Crippen molar-refractivity contribution in [2.24, 2.45) is 0 Å². The molecule has 0 radical (unpaired) electrons. The number of rotatable bonds is 8. The number of ether oxygens (including phenoxy) is 1. The van der Waals surface area contributed by atoms with Crippen molar-refractivity contribution in [3.8, 4) is 50.3 Å². The van der Waals surface area contributed by atoms with Gasteiger partial charge in [-0.2, -0.15) is 0 Å². The molecule has 0 aliphatic carbocycles. The SMILES string of the molecule is COc1ccc(N(c2cc(-c3ccncc3)cc(-c3ccncc3)c2)c2cc(-c3ccncc3)cc(-c3ccncc3)c2)cc1. The van der Waals surface area contributed by atoms with Gasteiger partial charge in [-0.1, -0.05) is 0 Å². The second-order valence-electron chi connectivity index (χ2n) is 10.5. The van der Waals surface area contributed by atoms with E-state index >= 15 is 0 Å². The average molecular weight is 584 g/mol. The normalized spacial score (nSPS) is 10.8. The Bertz CT molecular complexity index is 1780. The first kappa shape index (κ1) is 27.7. The van der Waals surface area contributed by atoms with Gasteiger partial charge in [0.2, 0.25) is 0 Å². The van der Waals surface area contributed by atoms with Gasteiger partial charge < -0.3 is 9.64 Å². The molecule has 0 saturated heterocycles. The van der Waals surface area contributed by atoms with E-state index in [-0.39, 0.29) is 0 Å². The van der Waals surface area contributed by atoms with Crippen molar-refractivity contribution < 1.29 is 4.74 Å². The lowest BCUT2D eigenvalue weighted by molar-refractivity contribution is 0.415. The summed E-state index contributed by atoms with van der Waals surface area (Å²) in [5.74, 6) is 0.796. The molecular weight excluding hydrogens is 554 g/mol. The third-order valence-corrected chi connectivity index (χ3v) is 7.74. The van der Waals surface area contributed by atoms with Crippen LogP contribution in [-0.4, -0.2) is 27.0 Å². The minimum absolute atomic E-state index is 0.796. The molecular formula is C39H29N5O. The Labute approximate surface area is 262 Å². The van der Waals surface area contributed by atoms with Crippen molar-refractivity contribution in [1.29, 1.82) is 0 Å². The first-order valence-corrected chi connectivity index (χ1v) is 14.6. The standard InChI is InChI=1S/C39H29N5O/c1-45-39-4-2-36(3-5-39)44(37-24-32(28-6-14-40-15-7-28)22-33(25-37)29-8-16-41-17-9-29)38-26-34(30-10-18-42-19-11-30)23-35(27-38)31-12-20-43-21-13-31/h2-27H,1H3. The summed E-state index contributed by atoms with van der Waals surface area (Å²) < 4.78 is 5.53. The molecule has 0 aliphatic rings. The van der Waals surface area contributed by atoms with E-state index in [1.165, 1.54) is 0 Å². The Morgan fingerprint density at radius 3 is 0.956 bits per heavy atom. The number of benzene rings is 3. The number of anilines is 3. The van der Waals surface area contributed by atoms with Gasteiger partial charge in [-0.25, -0.2) is 0 Å². The van der Waals surface area contributed by atoms with E-state index in [4.69, 9.17) is 4.74 Å². The number of aromatic nitrogens is 4. The molecule has 7 aromatic rings. The van der Waals surface area contributed by atoms with Crippen molar-refractivity contribution >= 4 is 17.1 Å². The van der Waals surface area contributed by atoms with Crippen LogP contribution in [0.1, 0.15) is 0 Å². The summed E-state index contributed by atoms with van der Waals surface area (Å²) in [6.07, 6.45) is 14.6. The van der Waals surface area contributed by atoms with Gasteiger partial charge in [0.25, 0.3) is 0 Å². The zero-order valence-corrected chi connectivity index (χ0v) is 24.7. The zero-order valence-electron chi connectivity index (χ0n) is 24.7. The molecule has 0 saturated carbocycles. The molecule has 3 aromatic carbocycles. The number of pyridine rings is 4. The first-order valence-electron chi connectivity index (χ1n) is 14.6. The fourth-order valence-electron chi connectivity index (χ4n) is 5.50. The summed E-state index contributed by atoms with van der Waals surface area (Å²) in [7, 11) is 1.69. The summed E-state index contributed by atoms with van der Waals surface area (Å²) >= 11 is 0. The fraction of sp³-hybridized carbons (Fsp3) is 0.0256. The van der Waals surface area contributed by atoms with E-state index in [9.17, 15) is 0 Å². The van der Waals surface area contributed by atoms with E-state index in [2.05, 4.69) is 73.4 Å². The van der Waals surface area contributed by atoms with Crippen molar-refractivity contribution in [2.45, 2.75) is 0 Å². The number of nitrogens with zero attached hydrogens (tertiary/aromatic N) is 5. The lowest BCUT2D eigenvalue weighted by Crippen LogP contribution is -2.11. The van der Waals surface area contributed by atoms with E-state index in [1.54, 1.807) is 7.11 Å². The summed E-state index contributed by atoms with van der Waals surface area (Å²) in [6, 6.07) is 37.9. The molecule has 0 amide bonds. The number of hydrogen-bond donors (Lipinski definition) is 0. The van der Waals surface area contributed by atoms with Crippen molar-refractivity contribution in [1.82, 2.24) is 19.9 Å². The van der Waals surface area contributed by atoms with Crippen molar-refractivity contribution in [2.75, 3.05) is 12.0 Å². The van der Waals surface area contributed by atoms with E-state index in [0.717, 1.165) is 67.3 Å². The maximum atomic E-state index is 5.53. The Morgan fingerprint density at radius 2 is 0.667 bits per heavy atom. The molecule has 0 unspecified atom stereocenters. The van der Waals surface area contributed by atoms with Gasteiger partial charge >= 0.3 is 0 Å². The van der Waals surface area contributed by atoms with Crippen LogP contribution in [-0.2, 0) is 0 Å². The molecule has 0 N–H and O–H groups in total. The highest BCUT2D eigenvalue weighted by molar-refractivity contribution is 5.88. The van der Waals surface area contributed by atoms with Gasteiger partial charge in [-0.15, -0.1) is 0 Å². The van der Waals surface area contributed by atoms with Gasteiger partial charge in [-0.05, 0) is 154 Å². The maximum Gasteiger partial charge on any atom is 0.119 e. The quantitative estimate of drug-likeness (QED) is 0.178. The summed E-state index contributed by atoms with van der Waals surface area (Å²) in [5.41, 5.74) is 11.7. The molecule has 0 aliphatic heterocycles. The predicted molar refractivity (Wildman–Crippen MR) is 181 cm³/mol. The molecule has 0 atom stereocenters. The Morgan fingerprint density at radius 1 is 0.356 bits per heavy atom. The fourth-order valence-corrected chi connectivity index (χ4v) is 5.50. The maximum absolute atomic E-state index is 5.53. The Kier molecular flexibility index (Phi) is 7.76. The van der Waals surface area contributed by atoms with Crippen LogP contribution in [0.25, 0.3) is 44.5 Å². The van der Waals surface area contributed by atoms with Crippen LogP contribution in [0, 0.1) is 0 Å². The zero-order chi connectivity index (χ0) is 30.4. The molecule has 0 bridgehead atoms. The van der Waals surface area contributed by atoms with E-state index < -0.39 is 0 Å². The lowest BCUT2D eigenvalue weighted by atomic mass is 9.96. The van der Waals surface area contributed by atoms with Gasteiger partial charge in [0.05, 0.1) is 7.11 Å². The predicted octanol–water partition coefficient (Wildman–Crippen LogP) is 9.41. The summed E-state index contributed by atoms with van der Waals surface area (Å²) in [5, 5.41) is 0. The first-order chi connectivity index (χ1) is 22.2. The van der Waals surface area contributed by atoms with E-state index in [1.807, 2.05) is 110 Å². The molecule has 216 valence electrons. The summed E-state index contributed by atoms with van der Waals surface area (Å²) in [4.78, 5) is 19.3. The smallest absolute Gasteiger partial charge is 0.119 e. The Hall–Kier alpha value is -6.14. The number of methoxy groups -OCH3 is 1. The summed E-state index contributed by atoms with van der Waals surface area (Å²) in [6.45, 7) is 0. The van der Waals surface area contributed by atoms with Crippen molar-refractivity contribution in [3.63, 3.8) is 0 Å². The van der Waals surface area contributed by atoms with Crippen LogP contribution in [0.2, 0.25) is 0 Å². The lowest BCUT2D eigenvalue weighted by Gasteiger charge is -2.28. The molecule has 0 fully saturated rings. The Balaban J connectivity index is 1.50. The van der Waals surface area contributed by atoms with Crippen LogP contribution in [0.4, 0.5) is 17.1 Å². The molecule has 45 heavy (non-hydrogen) atoms. The van der Waals surface area contributed by atoms with Crippen LogP contribution < -0.4 is 9.64 Å². The van der Waals surface area contributed by atoms with E-state index in [0.29, 0.717) is 0 Å². The van der Waals surface area contributed by atoms with Crippen LogP contribution in [0.5, 0.6) is 5.75 Å². The molecule has 7 rings (SSSR count). The topological polar surface area (TPSA) is 64.0 Å². The van der Waals surface area contributed by atoms with Crippen LogP contribution in [0.15, 0.2) is 159 Å². The van der Waals surface area contributed by atoms with Crippen molar-refractivity contribution in [3.05, 3.63) is 159 Å². The highest BCUT2D eigenvalue weighted by Crippen LogP contribution is 2.42. The highest BCUT2D eigenvalue weighted by atomic mass is 16.5. The van der Waals surface area contributed by atoms with Gasteiger partial charge in [0.1, 0.15) is 5.75 Å². The molecule has 0 spiro atoms. The minimum Gasteiger partial charge on any atom is -0.497 e. The van der Waals surface area contributed by atoms with Crippen LogP contribution in [0.3, 0.4) is 0 Å². The second kappa shape index (κ2) is 12.6. The molecule has 4 heterocycles. The van der Waals surface area contributed by atoms with Crippen LogP contribution >= 0.6 is 0 Å². The highest BCUT2D eigenvalue weighted by Gasteiger charge is 2.18. The van der Waals surface area contributed by atoms with Gasteiger partial charge in [0.15, 0.2) is 0 Å². The minimum atomic E-state index is 0.796. The third-order valence-electron chi connectivity index (χ3n) is 7.74. The molecule has 4 aromatic heterocycles. The average Bonchev–Trinajstić information content (AvgIpc) is 3.13. The molecule has 6 heteroatoms. The second-order valence-corrected chi connectivity index (χ2v) is 10.5. The van der Waals surface area contributed by atoms with Gasteiger partial charge in [0, 0.05) is 66.6 Å². The number of hydrogen-bond acceptors (Lipinski definition) is 6. The largest absolute Gasteiger partial charge is 0.497 e. The third kappa shape index (κ3) is 6.03. The molecule has 6 nitrogen and oxygen atoms in total. The monoisotopic (exact) mass is 583 g/mol. The van der Waals surface area contributed by atoms with Gasteiger partial charge in [-0.3, -0.25) is 19.9 Å².